The second-order valence-corrected chi connectivity index (χ2v) is 11.0. The zero-order valence-corrected chi connectivity index (χ0v) is 19.4. The van der Waals surface area contributed by atoms with Crippen LogP contribution in [-0.4, -0.2) is 16.3 Å². The van der Waals surface area contributed by atoms with E-state index in [2.05, 4.69) is 19.9 Å². The van der Waals surface area contributed by atoms with Gasteiger partial charge in [-0.05, 0) is 90.9 Å². The SMILES string of the molecule is CCCCCCCCCC[C@H]1C[C@]2(C)[C@@H](O)CC[C@H]2[C@@H]2CCc3cc(O)ccc3[C@@H]12. The number of rotatable bonds is 9. The molecule has 2 saturated carbocycles. The molecule has 0 bridgehead atoms. The van der Waals surface area contributed by atoms with Crippen molar-refractivity contribution in [1.29, 1.82) is 0 Å². The third kappa shape index (κ3) is 4.31. The molecule has 30 heavy (non-hydrogen) atoms. The van der Waals surface area contributed by atoms with Gasteiger partial charge in [-0.2, -0.15) is 0 Å². The van der Waals surface area contributed by atoms with Crippen molar-refractivity contribution in [2.45, 2.75) is 116 Å². The summed E-state index contributed by atoms with van der Waals surface area (Å²) in [5, 5.41) is 20.9. The number of aliphatic hydroxyl groups excluding tert-OH is 1. The van der Waals surface area contributed by atoms with Crippen LogP contribution < -0.4 is 0 Å². The van der Waals surface area contributed by atoms with Crippen molar-refractivity contribution in [2.75, 3.05) is 0 Å². The van der Waals surface area contributed by atoms with Gasteiger partial charge in [-0.15, -0.1) is 0 Å². The van der Waals surface area contributed by atoms with Crippen LogP contribution >= 0.6 is 0 Å². The molecule has 0 amide bonds. The molecular formula is C28H44O2. The molecule has 168 valence electrons. The first kappa shape index (κ1) is 22.2. The minimum Gasteiger partial charge on any atom is -0.508 e. The summed E-state index contributed by atoms with van der Waals surface area (Å²) in [4.78, 5) is 0. The standard InChI is InChI=1S/C28H44O2/c1-3-4-5-6-7-8-9-10-11-21-19-28(2)25(16-17-26(28)30)24-14-12-20-18-22(29)13-15-23(20)27(21)24/h13,15,18,21,24-27,29-30H,3-12,14,16-17,19H2,1-2H3/t21-,24-,25-,26-,27+,28-/m0/s1. The Morgan fingerprint density at radius 3 is 2.47 bits per heavy atom. The van der Waals surface area contributed by atoms with Crippen molar-refractivity contribution in [3.8, 4) is 5.75 Å². The van der Waals surface area contributed by atoms with Crippen LogP contribution in [0.4, 0.5) is 0 Å². The molecule has 1 aromatic rings. The van der Waals surface area contributed by atoms with E-state index in [-0.39, 0.29) is 11.5 Å². The second-order valence-electron chi connectivity index (χ2n) is 11.0. The lowest BCUT2D eigenvalue weighted by Crippen LogP contribution is -2.47. The maximum Gasteiger partial charge on any atom is 0.115 e. The first-order chi connectivity index (χ1) is 14.5. The molecule has 0 unspecified atom stereocenters. The van der Waals surface area contributed by atoms with Gasteiger partial charge in [0.1, 0.15) is 5.75 Å². The van der Waals surface area contributed by atoms with Crippen LogP contribution in [0, 0.1) is 23.2 Å². The van der Waals surface area contributed by atoms with Gasteiger partial charge in [0.25, 0.3) is 0 Å². The van der Waals surface area contributed by atoms with Crippen LogP contribution in [-0.2, 0) is 6.42 Å². The van der Waals surface area contributed by atoms with E-state index in [4.69, 9.17) is 0 Å². The number of hydrogen-bond donors (Lipinski definition) is 2. The van der Waals surface area contributed by atoms with Crippen LogP contribution in [0.15, 0.2) is 18.2 Å². The van der Waals surface area contributed by atoms with Gasteiger partial charge >= 0.3 is 0 Å². The van der Waals surface area contributed by atoms with Gasteiger partial charge in [-0.3, -0.25) is 0 Å². The lowest BCUT2D eigenvalue weighted by molar-refractivity contribution is -0.0501. The fourth-order valence-electron chi connectivity index (χ4n) is 7.67. The normalized spacial score (nSPS) is 35.0. The summed E-state index contributed by atoms with van der Waals surface area (Å²) in [5.41, 5.74) is 3.04. The predicted octanol–water partition coefficient (Wildman–Crippen LogP) is 7.37. The minimum atomic E-state index is -0.106. The molecular weight excluding hydrogens is 368 g/mol. The number of aromatic hydroxyl groups is 1. The summed E-state index contributed by atoms with van der Waals surface area (Å²) in [6, 6.07) is 6.17. The van der Waals surface area contributed by atoms with Crippen molar-refractivity contribution < 1.29 is 10.2 Å². The molecule has 2 nitrogen and oxygen atoms in total. The zero-order chi connectivity index (χ0) is 21.1. The molecule has 2 N–H and O–H groups in total. The number of aliphatic hydroxyl groups is 1. The Morgan fingerprint density at radius 2 is 1.70 bits per heavy atom. The maximum absolute atomic E-state index is 10.9. The van der Waals surface area contributed by atoms with Crippen LogP contribution in [0.25, 0.3) is 0 Å². The van der Waals surface area contributed by atoms with Crippen molar-refractivity contribution in [2.24, 2.45) is 23.2 Å². The highest BCUT2D eigenvalue weighted by Gasteiger charge is 2.57. The Labute approximate surface area is 184 Å². The Hall–Kier alpha value is -1.02. The van der Waals surface area contributed by atoms with E-state index in [9.17, 15) is 10.2 Å². The van der Waals surface area contributed by atoms with Gasteiger partial charge < -0.3 is 10.2 Å². The number of hydrogen-bond acceptors (Lipinski definition) is 2. The Morgan fingerprint density at radius 1 is 0.967 bits per heavy atom. The molecule has 3 aliphatic carbocycles. The highest BCUT2D eigenvalue weighted by Crippen LogP contribution is 2.63. The van der Waals surface area contributed by atoms with E-state index in [1.807, 2.05) is 12.1 Å². The third-order valence-corrected chi connectivity index (χ3v) is 9.21. The summed E-state index contributed by atoms with van der Waals surface area (Å²) in [6.07, 6.45) is 18.0. The van der Waals surface area contributed by atoms with Crippen molar-refractivity contribution in [1.82, 2.24) is 0 Å². The van der Waals surface area contributed by atoms with Crippen molar-refractivity contribution in [3.63, 3.8) is 0 Å². The smallest absolute Gasteiger partial charge is 0.115 e. The Bertz CT molecular complexity index is 698. The zero-order valence-electron chi connectivity index (χ0n) is 19.4. The van der Waals surface area contributed by atoms with E-state index in [0.29, 0.717) is 23.5 Å². The van der Waals surface area contributed by atoms with Crippen LogP contribution in [0.3, 0.4) is 0 Å². The first-order valence-electron chi connectivity index (χ1n) is 13.0. The number of phenols is 1. The molecule has 6 atom stereocenters. The van der Waals surface area contributed by atoms with Crippen LogP contribution in [0.2, 0.25) is 0 Å². The summed E-state index contributed by atoms with van der Waals surface area (Å²) >= 11 is 0. The number of benzene rings is 1. The summed E-state index contributed by atoms with van der Waals surface area (Å²) in [7, 11) is 0. The van der Waals surface area contributed by atoms with E-state index in [1.165, 1.54) is 88.2 Å². The van der Waals surface area contributed by atoms with Crippen molar-refractivity contribution in [3.05, 3.63) is 29.3 Å². The maximum atomic E-state index is 10.9. The Kier molecular flexibility index (Phi) is 7.12. The largest absolute Gasteiger partial charge is 0.508 e. The average molecular weight is 413 g/mol. The Balaban J connectivity index is 1.44. The lowest BCUT2D eigenvalue weighted by atomic mass is 9.51. The van der Waals surface area contributed by atoms with E-state index < -0.39 is 0 Å². The second kappa shape index (κ2) is 9.63. The molecule has 0 aliphatic heterocycles. The van der Waals surface area contributed by atoms with E-state index in [0.717, 1.165) is 18.8 Å². The fraction of sp³-hybridized carbons (Fsp3) is 0.786. The summed E-state index contributed by atoms with van der Waals surface area (Å²) in [5.74, 6) is 3.14. The molecule has 0 radical (unpaired) electrons. The molecule has 2 fully saturated rings. The quantitative estimate of drug-likeness (QED) is 0.416. The highest BCUT2D eigenvalue weighted by molar-refractivity contribution is 5.40. The number of phenolic OH excluding ortho intramolecular Hbond substituents is 1. The number of aryl methyl sites for hydroxylation is 1. The molecule has 1 aromatic carbocycles. The topological polar surface area (TPSA) is 40.5 Å². The highest BCUT2D eigenvalue weighted by atomic mass is 16.3. The summed E-state index contributed by atoms with van der Waals surface area (Å²) in [6.45, 7) is 4.69. The number of unbranched alkanes of at least 4 members (excludes halogenated alkanes) is 7. The van der Waals surface area contributed by atoms with E-state index in [1.54, 1.807) is 0 Å². The van der Waals surface area contributed by atoms with Gasteiger partial charge in [-0.1, -0.05) is 71.3 Å². The van der Waals surface area contributed by atoms with Gasteiger partial charge in [0.2, 0.25) is 0 Å². The molecule has 4 rings (SSSR count). The molecule has 0 spiro atoms. The number of fused-ring (bicyclic) bond motifs is 5. The molecule has 0 saturated heterocycles. The van der Waals surface area contributed by atoms with Gasteiger partial charge in [0.15, 0.2) is 0 Å². The molecule has 2 heteroatoms. The minimum absolute atomic E-state index is 0.106. The average Bonchev–Trinajstić information content (AvgIpc) is 3.03. The van der Waals surface area contributed by atoms with E-state index >= 15 is 0 Å². The summed E-state index contributed by atoms with van der Waals surface area (Å²) < 4.78 is 0. The predicted molar refractivity (Wildman–Crippen MR) is 125 cm³/mol. The van der Waals surface area contributed by atoms with Gasteiger partial charge in [-0.25, -0.2) is 0 Å². The van der Waals surface area contributed by atoms with Crippen LogP contribution in [0.1, 0.15) is 114 Å². The molecule has 0 heterocycles. The van der Waals surface area contributed by atoms with Crippen molar-refractivity contribution >= 4 is 0 Å². The third-order valence-electron chi connectivity index (χ3n) is 9.21. The molecule has 3 aliphatic rings. The fourth-order valence-corrected chi connectivity index (χ4v) is 7.67. The van der Waals surface area contributed by atoms with Crippen LogP contribution in [0.5, 0.6) is 5.75 Å². The van der Waals surface area contributed by atoms with Gasteiger partial charge in [0, 0.05) is 0 Å². The monoisotopic (exact) mass is 412 g/mol. The van der Waals surface area contributed by atoms with Gasteiger partial charge in [0.05, 0.1) is 6.10 Å². The lowest BCUT2D eigenvalue weighted by Gasteiger charge is -2.54. The first-order valence-corrected chi connectivity index (χ1v) is 13.0. The molecule has 0 aromatic heterocycles.